The Hall–Kier alpha value is -1.60. The fraction of sp³-hybridized carbons (Fsp3) is 0.577. The summed E-state index contributed by atoms with van der Waals surface area (Å²) in [5.74, 6) is 1.55. The van der Waals surface area contributed by atoms with E-state index < -0.39 is 0 Å². The first kappa shape index (κ1) is 28.0. The number of amides is 1. The number of nitrogens with one attached hydrogen (secondary N) is 1. The molecule has 0 unspecified atom stereocenters. The summed E-state index contributed by atoms with van der Waals surface area (Å²) in [7, 11) is 0. The Morgan fingerprint density at radius 2 is 1.89 bits per heavy atom. The van der Waals surface area contributed by atoms with Crippen LogP contribution in [0.15, 0.2) is 30.6 Å². The maximum atomic E-state index is 13.9. The number of carbonyl (C=O) groups excluding carboxylic acids is 1. The first-order valence-corrected chi connectivity index (χ1v) is 12.6. The van der Waals surface area contributed by atoms with Gasteiger partial charge in [0.05, 0.1) is 5.92 Å². The van der Waals surface area contributed by atoms with Gasteiger partial charge in [0.25, 0.3) is 0 Å². The van der Waals surface area contributed by atoms with Crippen molar-refractivity contribution >= 4 is 48.1 Å². The third kappa shape index (κ3) is 5.71. The Kier molecular flexibility index (Phi) is 8.96. The number of hydrogen-bond donors (Lipinski definition) is 1. The molecule has 2 fully saturated rings. The summed E-state index contributed by atoms with van der Waals surface area (Å²) in [6.45, 7) is 9.71. The highest BCUT2D eigenvalue weighted by atomic mass is 35.5. The molecule has 192 valence electrons. The summed E-state index contributed by atoms with van der Waals surface area (Å²) in [4.78, 5) is 27.4. The number of carbonyl (C=O) groups is 1. The fourth-order valence-electron chi connectivity index (χ4n) is 5.87. The van der Waals surface area contributed by atoms with Crippen LogP contribution < -0.4 is 10.2 Å². The molecule has 2 aliphatic heterocycles. The molecule has 1 amide bonds. The molecule has 3 heterocycles. The van der Waals surface area contributed by atoms with Crippen LogP contribution >= 0.6 is 36.4 Å². The van der Waals surface area contributed by atoms with E-state index in [0.717, 1.165) is 50.2 Å². The lowest BCUT2D eigenvalue weighted by atomic mass is 9.88. The molecule has 1 N–H and O–H groups in total. The number of benzene rings is 1. The van der Waals surface area contributed by atoms with Gasteiger partial charge < -0.3 is 15.1 Å². The topological polar surface area (TPSA) is 61.4 Å². The number of rotatable bonds is 4. The Labute approximate surface area is 226 Å². The Morgan fingerprint density at radius 1 is 1.14 bits per heavy atom. The van der Waals surface area contributed by atoms with Crippen molar-refractivity contribution in [3.05, 3.63) is 52.4 Å². The molecule has 35 heavy (non-hydrogen) atoms. The predicted molar refractivity (Wildman–Crippen MR) is 146 cm³/mol. The maximum Gasteiger partial charge on any atom is 0.231 e. The number of halogens is 3. The molecule has 3 aliphatic rings. The highest BCUT2D eigenvalue weighted by Gasteiger charge is 2.41. The predicted octanol–water partition coefficient (Wildman–Crippen LogP) is 4.99. The maximum absolute atomic E-state index is 13.9. The lowest BCUT2D eigenvalue weighted by molar-refractivity contribution is -0.133. The normalized spacial score (nSPS) is 23.8. The van der Waals surface area contributed by atoms with E-state index >= 15 is 0 Å². The van der Waals surface area contributed by atoms with Crippen LogP contribution in [0.2, 0.25) is 5.02 Å². The molecule has 0 spiro atoms. The molecule has 2 aromatic rings. The van der Waals surface area contributed by atoms with E-state index in [4.69, 9.17) is 11.6 Å². The number of fused-ring (bicyclic) bond motifs is 1. The van der Waals surface area contributed by atoms with E-state index in [1.807, 2.05) is 29.2 Å². The number of aryl methyl sites for hydroxylation is 1. The van der Waals surface area contributed by atoms with Gasteiger partial charge in [0.15, 0.2) is 0 Å². The summed E-state index contributed by atoms with van der Waals surface area (Å²) < 4.78 is 0. The van der Waals surface area contributed by atoms with Gasteiger partial charge in [-0.25, -0.2) is 9.97 Å². The second kappa shape index (κ2) is 11.2. The van der Waals surface area contributed by atoms with Gasteiger partial charge in [-0.15, -0.1) is 24.8 Å². The van der Waals surface area contributed by atoms with Gasteiger partial charge in [-0.05, 0) is 63.1 Å². The zero-order chi connectivity index (χ0) is 23.2. The Morgan fingerprint density at radius 3 is 2.54 bits per heavy atom. The van der Waals surface area contributed by atoms with Crippen molar-refractivity contribution in [1.29, 1.82) is 0 Å². The summed E-state index contributed by atoms with van der Waals surface area (Å²) in [6.07, 6.45) is 5.93. The average molecular weight is 541 g/mol. The van der Waals surface area contributed by atoms with Crippen LogP contribution in [0.5, 0.6) is 0 Å². The van der Waals surface area contributed by atoms with E-state index in [-0.39, 0.29) is 48.2 Å². The number of hydrogen-bond acceptors (Lipinski definition) is 5. The highest BCUT2D eigenvalue weighted by molar-refractivity contribution is 6.30. The summed E-state index contributed by atoms with van der Waals surface area (Å²) >= 11 is 6.32. The SMILES string of the molecule is C[C@@H]1CCc2ncnc(N3CCN(C(=O)[C@@H](c4cccc(Cl)c4)[C@@H]4CCC(C)(C)N4)CC3)c21.Cl.Cl. The van der Waals surface area contributed by atoms with E-state index in [9.17, 15) is 4.79 Å². The highest BCUT2D eigenvalue weighted by Crippen LogP contribution is 2.38. The molecule has 6 nitrogen and oxygen atoms in total. The molecule has 5 rings (SSSR count). The van der Waals surface area contributed by atoms with Crippen LogP contribution in [0.1, 0.15) is 68.7 Å². The average Bonchev–Trinajstić information content (AvgIpc) is 3.36. The molecule has 0 bridgehead atoms. The molecule has 1 aliphatic carbocycles. The van der Waals surface area contributed by atoms with Crippen LogP contribution in [0.4, 0.5) is 5.82 Å². The van der Waals surface area contributed by atoms with Gasteiger partial charge in [0, 0.05) is 54.0 Å². The minimum absolute atomic E-state index is 0. The zero-order valence-electron chi connectivity index (χ0n) is 20.7. The second-order valence-corrected chi connectivity index (χ2v) is 11.0. The van der Waals surface area contributed by atoms with Gasteiger partial charge in [-0.2, -0.15) is 0 Å². The van der Waals surface area contributed by atoms with Crippen molar-refractivity contribution in [3.8, 4) is 0 Å². The molecular formula is C26H36Cl3N5O. The summed E-state index contributed by atoms with van der Waals surface area (Å²) in [5, 5.41) is 4.40. The van der Waals surface area contributed by atoms with Crippen molar-refractivity contribution < 1.29 is 4.79 Å². The van der Waals surface area contributed by atoms with E-state index in [2.05, 4.69) is 41.0 Å². The standard InChI is InChI=1S/C26H34ClN5O.2ClH/c1-17-7-8-20-22(17)24(29-16-28-20)31-11-13-32(14-12-31)25(33)23(18-5-4-6-19(27)15-18)21-9-10-26(2,3)30-21;;/h4-6,15-17,21,23,30H,7-14H2,1-3H3;2*1H/t17-,21+,23+;;/m1../s1. The van der Waals surface area contributed by atoms with Gasteiger partial charge in [-0.1, -0.05) is 30.7 Å². The van der Waals surface area contributed by atoms with Crippen molar-refractivity contribution in [1.82, 2.24) is 20.2 Å². The third-order valence-electron chi connectivity index (χ3n) is 7.68. The van der Waals surface area contributed by atoms with Crippen LogP contribution in [-0.4, -0.2) is 58.5 Å². The summed E-state index contributed by atoms with van der Waals surface area (Å²) in [5.41, 5.74) is 3.56. The lowest BCUT2D eigenvalue weighted by Gasteiger charge is -2.39. The van der Waals surface area contributed by atoms with Gasteiger partial charge in [0.2, 0.25) is 5.91 Å². The monoisotopic (exact) mass is 539 g/mol. The third-order valence-corrected chi connectivity index (χ3v) is 7.91. The first-order chi connectivity index (χ1) is 15.8. The number of anilines is 1. The van der Waals surface area contributed by atoms with Crippen molar-refractivity contribution in [2.75, 3.05) is 31.1 Å². The van der Waals surface area contributed by atoms with E-state index in [0.29, 0.717) is 24.0 Å². The Bertz CT molecular complexity index is 1040. The number of aromatic nitrogens is 2. The summed E-state index contributed by atoms with van der Waals surface area (Å²) in [6, 6.07) is 7.95. The molecule has 1 aromatic carbocycles. The van der Waals surface area contributed by atoms with E-state index in [1.165, 1.54) is 11.3 Å². The molecular weight excluding hydrogens is 505 g/mol. The smallest absolute Gasteiger partial charge is 0.231 e. The lowest BCUT2D eigenvalue weighted by Crippen LogP contribution is -2.53. The van der Waals surface area contributed by atoms with Crippen molar-refractivity contribution in [2.24, 2.45) is 0 Å². The second-order valence-electron chi connectivity index (χ2n) is 10.5. The van der Waals surface area contributed by atoms with E-state index in [1.54, 1.807) is 6.33 Å². The van der Waals surface area contributed by atoms with Crippen LogP contribution in [0.25, 0.3) is 0 Å². The fourth-order valence-corrected chi connectivity index (χ4v) is 6.07. The van der Waals surface area contributed by atoms with Crippen LogP contribution in [0, 0.1) is 0 Å². The Balaban J connectivity index is 0.00000171. The number of piperazine rings is 1. The van der Waals surface area contributed by atoms with Crippen molar-refractivity contribution in [2.45, 2.75) is 69.9 Å². The molecule has 0 saturated carbocycles. The van der Waals surface area contributed by atoms with Crippen LogP contribution in [0.3, 0.4) is 0 Å². The largest absolute Gasteiger partial charge is 0.353 e. The van der Waals surface area contributed by atoms with Crippen molar-refractivity contribution in [3.63, 3.8) is 0 Å². The first-order valence-electron chi connectivity index (χ1n) is 12.2. The van der Waals surface area contributed by atoms with Gasteiger partial charge in [-0.3, -0.25) is 4.79 Å². The molecule has 2 saturated heterocycles. The van der Waals surface area contributed by atoms with Crippen LogP contribution in [-0.2, 0) is 11.2 Å². The zero-order valence-corrected chi connectivity index (χ0v) is 23.1. The minimum atomic E-state index is -0.222. The molecule has 9 heteroatoms. The molecule has 1 aromatic heterocycles. The van der Waals surface area contributed by atoms with Gasteiger partial charge >= 0.3 is 0 Å². The van der Waals surface area contributed by atoms with Gasteiger partial charge in [0.1, 0.15) is 12.1 Å². The quantitative estimate of drug-likeness (QED) is 0.592. The molecule has 3 atom stereocenters. The number of nitrogens with zero attached hydrogens (tertiary/aromatic N) is 4. The molecule has 0 radical (unpaired) electrons. The minimum Gasteiger partial charge on any atom is -0.353 e.